The Labute approximate surface area is 70.0 Å². The number of nitrogens with zero attached hydrogens (tertiary/aromatic N) is 2. The van der Waals surface area contributed by atoms with Crippen molar-refractivity contribution in [3.8, 4) is 0 Å². The average Bonchev–Trinajstić information content (AvgIpc) is 2.45. The smallest absolute Gasteiger partial charge is 0.269 e. The van der Waals surface area contributed by atoms with Crippen molar-refractivity contribution in [2.45, 2.75) is 6.61 Å². The van der Waals surface area contributed by atoms with Gasteiger partial charge in [0.25, 0.3) is 5.91 Å². The molecular formula is C7H11N3O2. The van der Waals surface area contributed by atoms with Crippen LogP contribution in [0, 0.1) is 0 Å². The second-order valence-electron chi connectivity index (χ2n) is 2.38. The van der Waals surface area contributed by atoms with Crippen molar-refractivity contribution in [1.29, 1.82) is 0 Å². The van der Waals surface area contributed by atoms with Crippen LogP contribution in [0.15, 0.2) is 6.07 Å². The van der Waals surface area contributed by atoms with Crippen LogP contribution in [0.2, 0.25) is 0 Å². The highest BCUT2D eigenvalue weighted by Gasteiger charge is 2.10. The Hall–Kier alpha value is -1.36. The van der Waals surface area contributed by atoms with E-state index in [0.29, 0.717) is 11.4 Å². The number of aliphatic hydroxyl groups is 1. The van der Waals surface area contributed by atoms with E-state index in [0.717, 1.165) is 0 Å². The minimum atomic E-state index is -0.204. The molecule has 0 saturated carbocycles. The van der Waals surface area contributed by atoms with Crippen LogP contribution in [0.4, 0.5) is 0 Å². The quantitative estimate of drug-likeness (QED) is 0.613. The number of aryl methyl sites for hydroxylation is 1. The number of hydrogen-bond acceptors (Lipinski definition) is 3. The highest BCUT2D eigenvalue weighted by Crippen LogP contribution is 2.02. The number of carbonyl (C=O) groups excluding carboxylic acids is 1. The van der Waals surface area contributed by atoms with Gasteiger partial charge in [0.1, 0.15) is 5.69 Å². The van der Waals surface area contributed by atoms with Crippen LogP contribution in [0.1, 0.15) is 16.2 Å². The van der Waals surface area contributed by atoms with Crippen molar-refractivity contribution in [2.24, 2.45) is 7.05 Å². The molecule has 0 radical (unpaired) electrons. The lowest BCUT2D eigenvalue weighted by Gasteiger charge is -1.97. The first kappa shape index (κ1) is 8.73. The number of aliphatic hydroxyl groups excluding tert-OH is 1. The summed E-state index contributed by atoms with van der Waals surface area (Å²) in [7, 11) is 3.21. The SMILES string of the molecule is CNC(=O)c1cc(CO)nn1C. The van der Waals surface area contributed by atoms with Gasteiger partial charge < -0.3 is 10.4 Å². The van der Waals surface area contributed by atoms with E-state index in [1.165, 1.54) is 4.68 Å². The summed E-state index contributed by atoms with van der Waals surface area (Å²) in [6.07, 6.45) is 0. The summed E-state index contributed by atoms with van der Waals surface area (Å²) in [5.74, 6) is -0.204. The summed E-state index contributed by atoms with van der Waals surface area (Å²) in [6.45, 7) is -0.148. The highest BCUT2D eigenvalue weighted by molar-refractivity contribution is 5.92. The van der Waals surface area contributed by atoms with Crippen LogP contribution in [-0.2, 0) is 13.7 Å². The number of rotatable bonds is 2. The van der Waals surface area contributed by atoms with Crippen LogP contribution < -0.4 is 5.32 Å². The largest absolute Gasteiger partial charge is 0.390 e. The molecule has 0 unspecified atom stereocenters. The van der Waals surface area contributed by atoms with E-state index in [1.54, 1.807) is 20.2 Å². The maximum Gasteiger partial charge on any atom is 0.269 e. The lowest BCUT2D eigenvalue weighted by molar-refractivity contribution is 0.0954. The zero-order chi connectivity index (χ0) is 9.14. The second-order valence-corrected chi connectivity index (χ2v) is 2.38. The molecule has 0 aliphatic rings. The number of amides is 1. The van der Waals surface area contributed by atoms with Gasteiger partial charge in [-0.15, -0.1) is 0 Å². The molecule has 1 heterocycles. The molecule has 5 nitrogen and oxygen atoms in total. The highest BCUT2D eigenvalue weighted by atomic mass is 16.3. The van der Waals surface area contributed by atoms with E-state index in [2.05, 4.69) is 10.4 Å². The zero-order valence-corrected chi connectivity index (χ0v) is 7.03. The van der Waals surface area contributed by atoms with E-state index in [9.17, 15) is 4.79 Å². The van der Waals surface area contributed by atoms with E-state index in [1.807, 2.05) is 0 Å². The molecule has 0 spiro atoms. The van der Waals surface area contributed by atoms with Crippen LogP contribution in [0.5, 0.6) is 0 Å². The molecule has 1 aromatic heterocycles. The van der Waals surface area contributed by atoms with Crippen molar-refractivity contribution in [1.82, 2.24) is 15.1 Å². The molecule has 5 heteroatoms. The van der Waals surface area contributed by atoms with Crippen LogP contribution in [0.25, 0.3) is 0 Å². The topological polar surface area (TPSA) is 67.2 Å². The van der Waals surface area contributed by atoms with E-state index >= 15 is 0 Å². The van der Waals surface area contributed by atoms with Crippen molar-refractivity contribution >= 4 is 5.91 Å². The van der Waals surface area contributed by atoms with Gasteiger partial charge in [0.2, 0.25) is 0 Å². The molecular weight excluding hydrogens is 158 g/mol. The summed E-state index contributed by atoms with van der Waals surface area (Å²) < 4.78 is 1.43. The van der Waals surface area contributed by atoms with Gasteiger partial charge in [0, 0.05) is 14.1 Å². The molecule has 1 rings (SSSR count). The van der Waals surface area contributed by atoms with Gasteiger partial charge in [-0.3, -0.25) is 9.48 Å². The van der Waals surface area contributed by atoms with Crippen molar-refractivity contribution in [2.75, 3.05) is 7.05 Å². The third-order valence-corrected chi connectivity index (χ3v) is 1.55. The molecule has 0 atom stereocenters. The molecule has 2 N–H and O–H groups in total. The summed E-state index contributed by atoms with van der Waals surface area (Å²) in [4.78, 5) is 11.1. The first-order valence-electron chi connectivity index (χ1n) is 3.55. The minimum Gasteiger partial charge on any atom is -0.390 e. The van der Waals surface area contributed by atoms with Crippen LogP contribution in [-0.4, -0.2) is 27.8 Å². The fraction of sp³-hybridized carbons (Fsp3) is 0.429. The number of hydrogen-bond donors (Lipinski definition) is 2. The fourth-order valence-corrected chi connectivity index (χ4v) is 0.944. The lowest BCUT2D eigenvalue weighted by atomic mass is 10.3. The predicted molar refractivity (Wildman–Crippen MR) is 42.5 cm³/mol. The predicted octanol–water partition coefficient (Wildman–Crippen LogP) is -0.728. The van der Waals surface area contributed by atoms with Crippen molar-refractivity contribution in [3.05, 3.63) is 17.5 Å². The Morgan fingerprint density at radius 3 is 2.92 bits per heavy atom. The normalized spacial score (nSPS) is 9.92. The van der Waals surface area contributed by atoms with Crippen LogP contribution >= 0.6 is 0 Å². The fourth-order valence-electron chi connectivity index (χ4n) is 0.944. The summed E-state index contributed by atoms with van der Waals surface area (Å²) in [5, 5.41) is 15.1. The zero-order valence-electron chi connectivity index (χ0n) is 7.03. The maximum absolute atomic E-state index is 11.1. The molecule has 0 fully saturated rings. The molecule has 66 valence electrons. The van der Waals surface area contributed by atoms with Gasteiger partial charge in [-0.1, -0.05) is 0 Å². The monoisotopic (exact) mass is 169 g/mol. The Kier molecular flexibility index (Phi) is 2.44. The Bertz CT molecular complexity index is 293. The van der Waals surface area contributed by atoms with Gasteiger partial charge in [-0.2, -0.15) is 5.10 Å². The number of carbonyl (C=O) groups is 1. The van der Waals surface area contributed by atoms with Gasteiger partial charge >= 0.3 is 0 Å². The molecule has 1 amide bonds. The van der Waals surface area contributed by atoms with Crippen molar-refractivity contribution < 1.29 is 9.90 Å². The Morgan fingerprint density at radius 2 is 2.50 bits per heavy atom. The summed E-state index contributed by atoms with van der Waals surface area (Å²) in [6, 6.07) is 1.55. The maximum atomic E-state index is 11.1. The summed E-state index contributed by atoms with van der Waals surface area (Å²) >= 11 is 0. The second kappa shape index (κ2) is 3.36. The number of nitrogens with one attached hydrogen (secondary N) is 1. The lowest BCUT2D eigenvalue weighted by Crippen LogP contribution is -2.20. The molecule has 1 aromatic rings. The molecule has 0 bridgehead atoms. The van der Waals surface area contributed by atoms with E-state index in [4.69, 9.17) is 5.11 Å². The van der Waals surface area contributed by atoms with E-state index in [-0.39, 0.29) is 12.5 Å². The van der Waals surface area contributed by atoms with Gasteiger partial charge in [-0.05, 0) is 6.07 Å². The molecule has 0 aliphatic heterocycles. The molecule has 0 aromatic carbocycles. The van der Waals surface area contributed by atoms with E-state index < -0.39 is 0 Å². The molecule has 0 saturated heterocycles. The third kappa shape index (κ3) is 1.45. The minimum absolute atomic E-state index is 0.148. The van der Waals surface area contributed by atoms with Gasteiger partial charge in [0.15, 0.2) is 0 Å². The Balaban J connectivity index is 2.99. The average molecular weight is 169 g/mol. The first-order chi connectivity index (χ1) is 5.69. The standard InChI is InChI=1S/C7H11N3O2/c1-8-7(12)6-3-5(4-11)9-10(6)2/h3,11H,4H2,1-2H3,(H,8,12). The first-order valence-corrected chi connectivity index (χ1v) is 3.55. The van der Waals surface area contributed by atoms with Crippen LogP contribution in [0.3, 0.4) is 0 Å². The third-order valence-electron chi connectivity index (χ3n) is 1.55. The summed E-state index contributed by atoms with van der Waals surface area (Å²) in [5.41, 5.74) is 0.942. The molecule has 12 heavy (non-hydrogen) atoms. The van der Waals surface area contributed by atoms with Crippen molar-refractivity contribution in [3.63, 3.8) is 0 Å². The van der Waals surface area contributed by atoms with Gasteiger partial charge in [-0.25, -0.2) is 0 Å². The van der Waals surface area contributed by atoms with Gasteiger partial charge in [0.05, 0.1) is 12.3 Å². The number of aromatic nitrogens is 2. The molecule has 0 aliphatic carbocycles. The Morgan fingerprint density at radius 1 is 1.83 bits per heavy atom.